The number of carbonyl (C=O) groups excluding carboxylic acids is 4. The SMILES string of the molecule is CCCCN(CCCC)C(=NC)N(CCCC)CCCC.CCCCN(CCCC)C(N(CCCC)CCCC)=[N+](C)C.COC(=O)C(=O)OC.COC(=O)C(=O)[O-]. The number of aliphatic carboxylic acids is 1. The van der Waals surface area contributed by atoms with Crippen LogP contribution in [-0.2, 0) is 33.4 Å². The summed E-state index contributed by atoms with van der Waals surface area (Å²) in [4.78, 5) is 54.1. The summed E-state index contributed by atoms with van der Waals surface area (Å²) < 4.78 is 14.0. The van der Waals surface area contributed by atoms with Crippen molar-refractivity contribution in [3.63, 3.8) is 0 Å². The minimum atomic E-state index is -1.82. The van der Waals surface area contributed by atoms with Gasteiger partial charge in [-0.25, -0.2) is 14.4 Å². The van der Waals surface area contributed by atoms with Crippen molar-refractivity contribution in [1.29, 1.82) is 0 Å². The Bertz CT molecular complexity index is 979. The Morgan fingerprint density at radius 2 is 0.672 bits per heavy atom. The van der Waals surface area contributed by atoms with Crippen LogP contribution in [0.4, 0.5) is 0 Å². The summed E-state index contributed by atoms with van der Waals surface area (Å²) >= 11 is 0. The van der Waals surface area contributed by atoms with E-state index in [0.29, 0.717) is 0 Å². The van der Waals surface area contributed by atoms with Gasteiger partial charge in [-0.15, -0.1) is 0 Å². The fraction of sp³-hybridized carbons (Fsp3) is 0.864. The maximum atomic E-state index is 10.0. The Kier molecular flexibility index (Phi) is 46.9. The maximum Gasteiger partial charge on any atom is 0.417 e. The fourth-order valence-corrected chi connectivity index (χ4v) is 5.54. The molecule has 0 atom stereocenters. The van der Waals surface area contributed by atoms with E-state index < -0.39 is 23.9 Å². The summed E-state index contributed by atoms with van der Waals surface area (Å²) in [6.07, 6.45) is 20.3. The number of hydrogen-bond donors (Lipinski definition) is 0. The largest absolute Gasteiger partial charge is 0.539 e. The summed E-state index contributed by atoms with van der Waals surface area (Å²) in [5, 5.41) is 9.34. The molecule has 0 aromatic heterocycles. The minimum absolute atomic E-state index is 0.970. The van der Waals surface area contributed by atoms with Gasteiger partial charge in [0.2, 0.25) is 0 Å². The lowest BCUT2D eigenvalue weighted by Gasteiger charge is -2.34. The van der Waals surface area contributed by atoms with Crippen LogP contribution in [0.2, 0.25) is 0 Å². The molecule has 0 rings (SSSR count). The summed E-state index contributed by atoms with van der Waals surface area (Å²) in [6, 6.07) is 0. The molecule has 0 aliphatic heterocycles. The smallest absolute Gasteiger partial charge is 0.417 e. The number of guanidine groups is 2. The van der Waals surface area contributed by atoms with E-state index >= 15 is 0 Å². The molecule has 0 unspecified atom stereocenters. The van der Waals surface area contributed by atoms with Crippen LogP contribution < -0.4 is 5.11 Å². The molecule has 0 saturated heterocycles. The average Bonchev–Trinajstić information content (AvgIpc) is 3.23. The van der Waals surface area contributed by atoms with Gasteiger partial charge in [0.25, 0.3) is 0 Å². The van der Waals surface area contributed by atoms with Crippen LogP contribution in [0.25, 0.3) is 0 Å². The van der Waals surface area contributed by atoms with Crippen LogP contribution in [0.15, 0.2) is 4.99 Å². The molecule has 0 aromatic carbocycles. The van der Waals surface area contributed by atoms with Gasteiger partial charge >= 0.3 is 23.9 Å². The molecule has 14 heteroatoms. The highest BCUT2D eigenvalue weighted by molar-refractivity contribution is 6.29. The highest BCUT2D eigenvalue weighted by Gasteiger charge is 2.26. The molecule has 0 aliphatic rings. The third-order valence-corrected chi connectivity index (χ3v) is 8.87. The number of nitrogens with zero attached hydrogens (tertiary/aromatic N) is 6. The molecule has 0 fully saturated rings. The first-order chi connectivity index (χ1) is 27.8. The second kappa shape index (κ2) is 44.5. The summed E-state index contributed by atoms with van der Waals surface area (Å²) in [5.74, 6) is -2.44. The van der Waals surface area contributed by atoms with Gasteiger partial charge in [0.15, 0.2) is 11.9 Å². The maximum absolute atomic E-state index is 10.0. The Hall–Kier alpha value is -3.58. The number of esters is 3. The molecule has 0 aromatic rings. The molecule has 0 aliphatic carbocycles. The van der Waals surface area contributed by atoms with Crippen molar-refractivity contribution in [2.24, 2.45) is 4.99 Å². The molecule has 0 spiro atoms. The first-order valence-electron chi connectivity index (χ1n) is 22.2. The highest BCUT2D eigenvalue weighted by atomic mass is 16.6. The first kappa shape index (κ1) is 61.1. The Morgan fingerprint density at radius 3 is 0.810 bits per heavy atom. The number of carboxylic acids is 1. The van der Waals surface area contributed by atoms with Crippen LogP contribution in [0, 0.1) is 0 Å². The molecule has 344 valence electrons. The molecule has 14 nitrogen and oxygen atoms in total. The van der Waals surface area contributed by atoms with Gasteiger partial charge < -0.3 is 33.9 Å². The summed E-state index contributed by atoms with van der Waals surface area (Å²) in [5.41, 5.74) is 0. The lowest BCUT2D eigenvalue weighted by atomic mass is 10.2. The van der Waals surface area contributed by atoms with E-state index in [1.54, 1.807) is 0 Å². The third-order valence-electron chi connectivity index (χ3n) is 8.87. The van der Waals surface area contributed by atoms with Crippen molar-refractivity contribution < 1.29 is 43.1 Å². The van der Waals surface area contributed by atoms with Crippen molar-refractivity contribution >= 4 is 35.8 Å². The average molecular weight is 831 g/mol. The number of ether oxygens (including phenoxy) is 3. The molecule has 0 saturated carbocycles. The van der Waals surface area contributed by atoms with Crippen LogP contribution in [0.3, 0.4) is 0 Å². The number of unbranched alkanes of at least 4 members (excludes halogenated alkanes) is 8. The normalized spacial score (nSPS) is 9.83. The van der Waals surface area contributed by atoms with Gasteiger partial charge in [0.1, 0.15) is 0 Å². The van der Waals surface area contributed by atoms with Crippen molar-refractivity contribution in [3.8, 4) is 0 Å². The number of carbonyl (C=O) groups is 4. The Balaban J connectivity index is -0.000000373. The van der Waals surface area contributed by atoms with Crippen LogP contribution in [0.5, 0.6) is 0 Å². The number of hydrogen-bond acceptors (Lipinski definition) is 9. The van der Waals surface area contributed by atoms with Crippen molar-refractivity contribution in [1.82, 2.24) is 19.6 Å². The summed E-state index contributed by atoms with van der Waals surface area (Å²) in [6.45, 7) is 27.6. The highest BCUT2D eigenvalue weighted by Crippen LogP contribution is 2.10. The van der Waals surface area contributed by atoms with Crippen LogP contribution >= 0.6 is 0 Å². The zero-order chi connectivity index (χ0) is 45.1. The van der Waals surface area contributed by atoms with Gasteiger partial charge in [0.05, 0.1) is 61.6 Å². The van der Waals surface area contributed by atoms with E-state index in [4.69, 9.17) is 0 Å². The van der Waals surface area contributed by atoms with Gasteiger partial charge in [-0.3, -0.25) is 19.4 Å². The topological polar surface area (TPSA) is 147 Å². The van der Waals surface area contributed by atoms with E-state index in [-0.39, 0.29) is 0 Å². The van der Waals surface area contributed by atoms with E-state index in [1.807, 2.05) is 7.05 Å². The van der Waals surface area contributed by atoms with Crippen molar-refractivity contribution in [2.75, 3.05) is 94.8 Å². The fourth-order valence-electron chi connectivity index (χ4n) is 5.54. The van der Waals surface area contributed by atoms with Crippen molar-refractivity contribution in [3.05, 3.63) is 0 Å². The Labute approximate surface area is 355 Å². The number of methoxy groups -OCH3 is 3. The molecule has 0 heterocycles. The zero-order valence-corrected chi connectivity index (χ0v) is 39.9. The van der Waals surface area contributed by atoms with Crippen LogP contribution in [0.1, 0.15) is 158 Å². The quantitative estimate of drug-likeness (QED) is 0.0264. The monoisotopic (exact) mass is 831 g/mol. The van der Waals surface area contributed by atoms with Crippen molar-refractivity contribution in [2.45, 2.75) is 158 Å². The lowest BCUT2D eigenvalue weighted by molar-refractivity contribution is -0.476. The molecular weight excluding hydrogens is 741 g/mol. The third kappa shape index (κ3) is 33.4. The number of rotatable bonds is 24. The van der Waals surface area contributed by atoms with E-state index in [2.05, 4.69) is 113 Å². The number of aliphatic imine (C=N–C) groups is 1. The molecule has 58 heavy (non-hydrogen) atoms. The van der Waals surface area contributed by atoms with Gasteiger partial charge in [-0.2, -0.15) is 0 Å². The second-order valence-corrected chi connectivity index (χ2v) is 14.3. The first-order valence-corrected chi connectivity index (χ1v) is 22.2. The van der Waals surface area contributed by atoms with E-state index in [1.165, 1.54) is 141 Å². The zero-order valence-electron chi connectivity index (χ0n) is 39.9. The predicted octanol–water partition coefficient (Wildman–Crippen LogP) is 6.44. The Morgan fingerprint density at radius 1 is 0.448 bits per heavy atom. The van der Waals surface area contributed by atoms with Gasteiger partial charge in [-0.1, -0.05) is 107 Å². The number of carboxylic acid groups (broad SMARTS) is 1. The predicted molar refractivity (Wildman–Crippen MR) is 237 cm³/mol. The minimum Gasteiger partial charge on any atom is -0.539 e. The molecule has 0 amide bonds. The second-order valence-electron chi connectivity index (χ2n) is 14.3. The standard InChI is InChI=1S/C19H42N3.C18H39N3.C4H6O4.C3H4O4/c1-7-11-15-21(16-12-8-2)19(20(5)6)22(17-13-9-3)18-14-10-4;1-6-10-14-20(15-11-7-2)18(19-5)21(16-12-8-3)17-13-9-4;1-7-3(5)4(6)8-2;1-7-3(6)2(4)5/h7-18H2,1-6H3;6-17H2,1-5H3;1-2H3;1H3,(H,4,5)/q+1;;;/p-1. The molecular formula is C44H90N6O8. The van der Waals surface area contributed by atoms with E-state index in [9.17, 15) is 24.3 Å². The lowest BCUT2D eigenvalue weighted by Crippen LogP contribution is -2.50. The molecule has 0 N–H and O–H groups in total. The molecule has 0 bridgehead atoms. The van der Waals surface area contributed by atoms with E-state index in [0.717, 1.165) is 47.5 Å². The van der Waals surface area contributed by atoms with Gasteiger partial charge in [0, 0.05) is 33.2 Å². The molecule has 0 radical (unpaired) electrons. The van der Waals surface area contributed by atoms with Crippen LogP contribution in [-0.4, -0.2) is 155 Å². The van der Waals surface area contributed by atoms with Gasteiger partial charge in [-0.05, 0) is 51.4 Å². The summed E-state index contributed by atoms with van der Waals surface area (Å²) in [7, 11) is 9.58.